The normalized spacial score (nSPS) is 10.4. The zero-order chi connectivity index (χ0) is 13.8. The Balaban J connectivity index is 2.17. The van der Waals surface area contributed by atoms with E-state index in [-0.39, 0.29) is 23.5 Å². The molecule has 1 N–H and O–H groups in total. The maximum Gasteiger partial charge on any atom is 0.237 e. The molecule has 2 rings (SSSR count). The lowest BCUT2D eigenvalue weighted by Gasteiger charge is -2.04. The zero-order valence-corrected chi connectivity index (χ0v) is 10.6. The van der Waals surface area contributed by atoms with Crippen molar-refractivity contribution in [1.29, 1.82) is 0 Å². The third-order valence-corrected chi connectivity index (χ3v) is 2.92. The number of ketones is 1. The fraction of sp³-hybridized carbons (Fsp3) is 0.200. The van der Waals surface area contributed by atoms with Gasteiger partial charge in [0.05, 0.1) is 0 Å². The van der Waals surface area contributed by atoms with Gasteiger partial charge in [-0.25, -0.2) is 0 Å². The minimum Gasteiger partial charge on any atom is -0.502 e. The van der Waals surface area contributed by atoms with Gasteiger partial charge in [-0.1, -0.05) is 30.3 Å². The van der Waals surface area contributed by atoms with E-state index in [0.29, 0.717) is 6.42 Å². The standard InChI is InChI=1S/C15H14O4/c1-10-14(15(18)13(17)9-19-10)12(16)8-7-11-5-3-2-4-6-11/h2-6,9,17H,7-8H2,1H3. The Kier molecular flexibility index (Phi) is 3.80. The molecule has 0 aliphatic carbocycles. The number of Topliss-reactive ketones (excluding diaryl/α,β-unsaturated/α-hetero) is 1. The lowest BCUT2D eigenvalue weighted by molar-refractivity contribution is 0.0977. The average molecular weight is 258 g/mol. The predicted molar refractivity (Wildman–Crippen MR) is 70.5 cm³/mol. The number of benzene rings is 1. The molecule has 0 spiro atoms. The second-order valence-corrected chi connectivity index (χ2v) is 4.29. The summed E-state index contributed by atoms with van der Waals surface area (Å²) < 4.78 is 4.97. The maximum absolute atomic E-state index is 12.0. The summed E-state index contributed by atoms with van der Waals surface area (Å²) in [6.07, 6.45) is 1.71. The molecule has 0 atom stereocenters. The van der Waals surface area contributed by atoms with E-state index in [4.69, 9.17) is 4.42 Å². The van der Waals surface area contributed by atoms with Gasteiger partial charge in [0.2, 0.25) is 5.43 Å². The van der Waals surface area contributed by atoms with Gasteiger partial charge in [0.15, 0.2) is 11.5 Å². The van der Waals surface area contributed by atoms with E-state index in [1.165, 1.54) is 6.92 Å². The molecule has 0 saturated heterocycles. The highest BCUT2D eigenvalue weighted by molar-refractivity contribution is 5.97. The molecule has 98 valence electrons. The third kappa shape index (κ3) is 2.91. The van der Waals surface area contributed by atoms with Crippen LogP contribution >= 0.6 is 0 Å². The van der Waals surface area contributed by atoms with E-state index in [1.54, 1.807) is 0 Å². The van der Waals surface area contributed by atoms with Crippen molar-refractivity contribution in [2.24, 2.45) is 0 Å². The van der Waals surface area contributed by atoms with Crippen molar-refractivity contribution in [1.82, 2.24) is 0 Å². The van der Waals surface area contributed by atoms with Gasteiger partial charge in [0, 0.05) is 6.42 Å². The number of carbonyl (C=O) groups excluding carboxylic acids is 1. The summed E-state index contributed by atoms with van der Waals surface area (Å²) in [6.45, 7) is 1.54. The Morgan fingerprint density at radius 2 is 1.95 bits per heavy atom. The van der Waals surface area contributed by atoms with Crippen molar-refractivity contribution < 1.29 is 14.3 Å². The van der Waals surface area contributed by atoms with Crippen molar-refractivity contribution >= 4 is 5.78 Å². The number of hydrogen-bond acceptors (Lipinski definition) is 4. The molecule has 1 heterocycles. The van der Waals surface area contributed by atoms with Crippen molar-refractivity contribution in [2.75, 3.05) is 0 Å². The van der Waals surface area contributed by atoms with Crippen LogP contribution in [0.4, 0.5) is 0 Å². The topological polar surface area (TPSA) is 67.5 Å². The van der Waals surface area contributed by atoms with Crippen LogP contribution in [0, 0.1) is 6.92 Å². The first kappa shape index (κ1) is 13.1. The molecule has 19 heavy (non-hydrogen) atoms. The van der Waals surface area contributed by atoms with Crippen LogP contribution in [0.15, 0.2) is 45.8 Å². The second kappa shape index (κ2) is 5.52. The van der Waals surface area contributed by atoms with E-state index in [1.807, 2.05) is 30.3 Å². The Morgan fingerprint density at radius 3 is 2.63 bits per heavy atom. The van der Waals surface area contributed by atoms with E-state index in [9.17, 15) is 14.7 Å². The number of aromatic hydroxyl groups is 1. The number of hydrogen-bond donors (Lipinski definition) is 1. The maximum atomic E-state index is 12.0. The van der Waals surface area contributed by atoms with Gasteiger partial charge in [-0.15, -0.1) is 0 Å². The Morgan fingerprint density at radius 1 is 1.26 bits per heavy atom. The smallest absolute Gasteiger partial charge is 0.237 e. The van der Waals surface area contributed by atoms with Crippen LogP contribution in [0.1, 0.15) is 28.1 Å². The first-order valence-corrected chi connectivity index (χ1v) is 5.98. The van der Waals surface area contributed by atoms with Gasteiger partial charge in [-0.05, 0) is 18.9 Å². The van der Waals surface area contributed by atoms with Crippen molar-refractivity contribution in [2.45, 2.75) is 19.8 Å². The van der Waals surface area contributed by atoms with Gasteiger partial charge in [-0.3, -0.25) is 9.59 Å². The van der Waals surface area contributed by atoms with E-state index in [0.717, 1.165) is 11.8 Å². The lowest BCUT2D eigenvalue weighted by atomic mass is 10.0. The van der Waals surface area contributed by atoms with Crippen molar-refractivity contribution in [3.05, 3.63) is 63.7 Å². The first-order chi connectivity index (χ1) is 9.09. The summed E-state index contributed by atoms with van der Waals surface area (Å²) in [5.74, 6) is -0.611. The van der Waals surface area contributed by atoms with Crippen molar-refractivity contribution in [3.63, 3.8) is 0 Å². The number of aryl methyl sites for hydroxylation is 2. The molecule has 0 aliphatic heterocycles. The molecule has 0 amide bonds. The van der Waals surface area contributed by atoms with Crippen LogP contribution in [0.2, 0.25) is 0 Å². The summed E-state index contributed by atoms with van der Waals surface area (Å²) in [7, 11) is 0. The SMILES string of the molecule is Cc1occ(O)c(=O)c1C(=O)CCc1ccccc1. The quantitative estimate of drug-likeness (QED) is 0.855. The van der Waals surface area contributed by atoms with Crippen molar-refractivity contribution in [3.8, 4) is 5.75 Å². The highest BCUT2D eigenvalue weighted by atomic mass is 16.4. The number of carbonyl (C=O) groups is 1. The highest BCUT2D eigenvalue weighted by Crippen LogP contribution is 2.12. The molecule has 0 saturated carbocycles. The predicted octanol–water partition coefficient (Wildman–Crippen LogP) is 2.47. The molecule has 1 aromatic carbocycles. The van der Waals surface area contributed by atoms with Crippen LogP contribution < -0.4 is 5.43 Å². The monoisotopic (exact) mass is 258 g/mol. The van der Waals surface area contributed by atoms with E-state index in [2.05, 4.69) is 0 Å². The highest BCUT2D eigenvalue weighted by Gasteiger charge is 2.17. The van der Waals surface area contributed by atoms with Crippen LogP contribution in [-0.2, 0) is 6.42 Å². The molecule has 0 bridgehead atoms. The molecule has 4 heteroatoms. The van der Waals surface area contributed by atoms with Gasteiger partial charge >= 0.3 is 0 Å². The summed E-state index contributed by atoms with van der Waals surface area (Å²) >= 11 is 0. The lowest BCUT2D eigenvalue weighted by Crippen LogP contribution is -2.17. The fourth-order valence-electron chi connectivity index (χ4n) is 1.90. The minimum absolute atomic E-state index is 0.0593. The molecule has 4 nitrogen and oxygen atoms in total. The van der Waals surface area contributed by atoms with Gasteiger partial charge in [0.25, 0.3) is 0 Å². The van der Waals surface area contributed by atoms with Crippen LogP contribution in [0.5, 0.6) is 5.75 Å². The third-order valence-electron chi connectivity index (χ3n) is 2.92. The van der Waals surface area contributed by atoms with Gasteiger partial charge in [-0.2, -0.15) is 0 Å². The Hall–Kier alpha value is -2.36. The molecule has 1 aromatic heterocycles. The van der Waals surface area contributed by atoms with E-state index >= 15 is 0 Å². The second-order valence-electron chi connectivity index (χ2n) is 4.29. The zero-order valence-electron chi connectivity index (χ0n) is 10.6. The molecular weight excluding hydrogens is 244 g/mol. The van der Waals surface area contributed by atoms with Gasteiger partial charge < -0.3 is 9.52 Å². The van der Waals surface area contributed by atoms with Gasteiger partial charge in [0.1, 0.15) is 17.6 Å². The molecule has 2 aromatic rings. The average Bonchev–Trinajstić information content (AvgIpc) is 2.42. The fourth-order valence-corrected chi connectivity index (χ4v) is 1.90. The Labute approximate surface area is 110 Å². The summed E-state index contributed by atoms with van der Waals surface area (Å²) in [6, 6.07) is 9.54. The molecule has 0 fully saturated rings. The van der Waals surface area contributed by atoms with Crippen LogP contribution in [0.3, 0.4) is 0 Å². The van der Waals surface area contributed by atoms with E-state index < -0.39 is 11.2 Å². The van der Waals surface area contributed by atoms with Crippen LogP contribution in [0.25, 0.3) is 0 Å². The summed E-state index contributed by atoms with van der Waals surface area (Å²) in [5.41, 5.74) is 0.302. The molecule has 0 unspecified atom stereocenters. The molecule has 0 radical (unpaired) electrons. The minimum atomic E-state index is -0.665. The summed E-state index contributed by atoms with van der Waals surface area (Å²) in [4.78, 5) is 23.8. The summed E-state index contributed by atoms with van der Waals surface area (Å²) in [5, 5.41) is 9.30. The largest absolute Gasteiger partial charge is 0.502 e. The first-order valence-electron chi connectivity index (χ1n) is 5.98. The number of rotatable bonds is 4. The Bertz CT molecular complexity index is 641. The van der Waals surface area contributed by atoms with Crippen LogP contribution in [-0.4, -0.2) is 10.9 Å². The molecule has 0 aliphatic rings. The molecular formula is C15H14O4.